The third kappa shape index (κ3) is 1.35. The van der Waals surface area contributed by atoms with Gasteiger partial charge >= 0.3 is 0 Å². The van der Waals surface area contributed by atoms with Crippen molar-refractivity contribution in [1.82, 2.24) is 5.43 Å². The minimum absolute atomic E-state index is 0.309. The summed E-state index contributed by atoms with van der Waals surface area (Å²) in [5.41, 5.74) is 3.87. The number of nitrogens with zero attached hydrogens (tertiary/aromatic N) is 2. The highest BCUT2D eigenvalue weighted by molar-refractivity contribution is 5.98. The summed E-state index contributed by atoms with van der Waals surface area (Å²) >= 11 is 0. The van der Waals surface area contributed by atoms with Crippen LogP contribution in [0.4, 0.5) is 0 Å². The monoisotopic (exact) mass is 195 g/mol. The van der Waals surface area contributed by atoms with E-state index < -0.39 is 0 Å². The molecule has 0 N–H and O–H groups in total. The summed E-state index contributed by atoms with van der Waals surface area (Å²) in [5, 5.41) is 3.93. The molecule has 2 rings (SSSR count). The minimum atomic E-state index is -0.387. The van der Waals surface area contributed by atoms with E-state index >= 15 is 0 Å². The number of hydrogen-bond donors (Lipinski definition) is 0. The molecule has 0 aromatic rings. The van der Waals surface area contributed by atoms with E-state index in [0.29, 0.717) is 0 Å². The van der Waals surface area contributed by atoms with Gasteiger partial charge in [-0.2, -0.15) is 10.5 Å². The van der Waals surface area contributed by atoms with Crippen LogP contribution in [0.1, 0.15) is 27.7 Å². The van der Waals surface area contributed by atoms with Crippen molar-refractivity contribution in [1.29, 1.82) is 0 Å². The second kappa shape index (κ2) is 2.81. The van der Waals surface area contributed by atoms with Crippen molar-refractivity contribution < 1.29 is 9.47 Å². The molecule has 0 amide bonds. The Bertz CT molecular complexity index is 289. The predicted molar refractivity (Wildman–Crippen MR) is 52.8 cm³/mol. The first kappa shape index (κ1) is 9.68. The van der Waals surface area contributed by atoms with Gasteiger partial charge < -0.3 is 9.47 Å². The molecule has 0 aromatic heterocycles. The lowest BCUT2D eigenvalue weighted by Gasteiger charge is -2.30. The van der Waals surface area contributed by atoms with E-state index in [0.717, 1.165) is 5.71 Å². The molecule has 0 atom stereocenters. The van der Waals surface area contributed by atoms with Crippen LogP contribution in [0.3, 0.4) is 0 Å². The van der Waals surface area contributed by atoms with Gasteiger partial charge in [-0.15, -0.1) is 0 Å². The van der Waals surface area contributed by atoms with Gasteiger partial charge in [-0.05, 0) is 33.8 Å². The largest absolute Gasteiger partial charge is 0.338 e. The van der Waals surface area contributed by atoms with Crippen LogP contribution in [0.5, 0.6) is 0 Å². The molecular formula is C10H15N2O2. The van der Waals surface area contributed by atoms with E-state index in [1.54, 1.807) is 6.20 Å². The van der Waals surface area contributed by atoms with Crippen molar-refractivity contribution in [2.45, 2.75) is 45.2 Å². The van der Waals surface area contributed by atoms with Crippen molar-refractivity contribution >= 4 is 5.71 Å². The summed E-state index contributed by atoms with van der Waals surface area (Å²) in [6, 6.07) is 0. The maximum Gasteiger partial charge on any atom is 0.204 e. The quantitative estimate of drug-likeness (QED) is 0.635. The lowest BCUT2D eigenvalue weighted by atomic mass is 9.90. The fourth-order valence-corrected chi connectivity index (χ4v) is 1.33. The van der Waals surface area contributed by atoms with Crippen molar-refractivity contribution in [3.8, 4) is 0 Å². The Hall–Kier alpha value is -0.870. The van der Waals surface area contributed by atoms with Crippen LogP contribution in [0.2, 0.25) is 0 Å². The van der Waals surface area contributed by atoms with Crippen molar-refractivity contribution in [3.05, 3.63) is 12.3 Å². The summed E-state index contributed by atoms with van der Waals surface area (Å²) in [7, 11) is 0. The molecule has 1 radical (unpaired) electrons. The van der Waals surface area contributed by atoms with Gasteiger partial charge in [-0.1, -0.05) is 0 Å². The van der Waals surface area contributed by atoms with E-state index in [9.17, 15) is 0 Å². The fraction of sp³-hybridized carbons (Fsp3) is 0.700. The molecule has 1 saturated heterocycles. The summed E-state index contributed by atoms with van der Waals surface area (Å²) in [6.07, 6.45) is 3.06. The van der Waals surface area contributed by atoms with E-state index in [2.05, 4.69) is 10.5 Å². The summed E-state index contributed by atoms with van der Waals surface area (Å²) in [4.78, 5) is 0. The molecule has 14 heavy (non-hydrogen) atoms. The van der Waals surface area contributed by atoms with E-state index in [4.69, 9.17) is 9.47 Å². The summed E-state index contributed by atoms with van der Waals surface area (Å²) in [5.74, 6) is 0. The van der Waals surface area contributed by atoms with Gasteiger partial charge in [0.25, 0.3) is 0 Å². The second-order valence-electron chi connectivity index (χ2n) is 4.54. The first-order valence-corrected chi connectivity index (χ1v) is 4.72. The first-order valence-electron chi connectivity index (χ1n) is 4.72. The molecule has 0 saturated carbocycles. The zero-order valence-corrected chi connectivity index (χ0v) is 8.94. The molecule has 0 spiro atoms. The van der Waals surface area contributed by atoms with Crippen molar-refractivity contribution in [2.24, 2.45) is 5.10 Å². The molecule has 2 heterocycles. The number of rotatable bonds is 1. The third-order valence-corrected chi connectivity index (χ3v) is 2.98. The predicted octanol–water partition coefficient (Wildman–Crippen LogP) is 1.40. The Labute approximate surface area is 84.0 Å². The Morgan fingerprint density at radius 1 is 1.14 bits per heavy atom. The molecule has 2 aliphatic rings. The van der Waals surface area contributed by atoms with E-state index in [-0.39, 0.29) is 17.5 Å². The summed E-state index contributed by atoms with van der Waals surface area (Å²) in [6.45, 7) is 8.07. The topological polar surface area (TPSA) is 44.9 Å². The Balaban J connectivity index is 2.17. The Kier molecular flexibility index (Phi) is 1.94. The second-order valence-corrected chi connectivity index (χ2v) is 4.54. The average Bonchev–Trinajstić information content (AvgIpc) is 2.58. The normalized spacial score (nSPS) is 29.0. The van der Waals surface area contributed by atoms with Crippen molar-refractivity contribution in [2.75, 3.05) is 0 Å². The highest BCUT2D eigenvalue weighted by Gasteiger charge is 2.50. The fourth-order valence-electron chi connectivity index (χ4n) is 1.33. The van der Waals surface area contributed by atoms with Crippen LogP contribution >= 0.6 is 0 Å². The van der Waals surface area contributed by atoms with E-state index in [1.165, 1.54) is 0 Å². The molecular weight excluding hydrogens is 180 g/mol. The van der Waals surface area contributed by atoms with Gasteiger partial charge in [0.1, 0.15) is 5.71 Å². The molecule has 1 fully saturated rings. The van der Waals surface area contributed by atoms with Gasteiger partial charge in [0, 0.05) is 0 Å². The van der Waals surface area contributed by atoms with Gasteiger partial charge in [0.05, 0.1) is 17.4 Å². The van der Waals surface area contributed by atoms with Crippen LogP contribution in [-0.2, 0) is 9.47 Å². The van der Waals surface area contributed by atoms with Crippen LogP contribution in [-0.4, -0.2) is 23.2 Å². The maximum absolute atomic E-state index is 5.78. The zero-order valence-electron chi connectivity index (χ0n) is 8.94. The van der Waals surface area contributed by atoms with Crippen LogP contribution in [0.25, 0.3) is 0 Å². The molecule has 2 aliphatic heterocycles. The first-order chi connectivity index (χ1) is 6.42. The molecule has 4 heteroatoms. The SMILES string of the molecule is CC1(C)OC(C2=N[N]C=C2)OC1(C)C. The lowest BCUT2D eigenvalue weighted by molar-refractivity contribution is -0.0351. The maximum atomic E-state index is 5.78. The minimum Gasteiger partial charge on any atom is -0.338 e. The molecule has 0 aromatic carbocycles. The van der Waals surface area contributed by atoms with Gasteiger partial charge in [-0.3, -0.25) is 0 Å². The smallest absolute Gasteiger partial charge is 0.204 e. The molecule has 4 nitrogen and oxygen atoms in total. The zero-order chi connectivity index (χ0) is 10.4. The molecule has 0 unspecified atom stereocenters. The van der Waals surface area contributed by atoms with Crippen molar-refractivity contribution in [3.63, 3.8) is 0 Å². The van der Waals surface area contributed by atoms with Crippen LogP contribution in [0, 0.1) is 0 Å². The molecule has 77 valence electrons. The summed E-state index contributed by atoms with van der Waals surface area (Å²) < 4.78 is 11.6. The van der Waals surface area contributed by atoms with Crippen LogP contribution < -0.4 is 5.43 Å². The van der Waals surface area contributed by atoms with Gasteiger partial charge in [0.15, 0.2) is 0 Å². The highest BCUT2D eigenvalue weighted by Crippen LogP contribution is 2.38. The average molecular weight is 195 g/mol. The lowest BCUT2D eigenvalue weighted by Crippen LogP contribution is -2.41. The Morgan fingerprint density at radius 2 is 1.71 bits per heavy atom. The Morgan fingerprint density at radius 3 is 2.14 bits per heavy atom. The van der Waals surface area contributed by atoms with E-state index in [1.807, 2.05) is 33.8 Å². The molecule has 0 bridgehead atoms. The van der Waals surface area contributed by atoms with Gasteiger partial charge in [0.2, 0.25) is 6.29 Å². The number of ether oxygens (including phenoxy) is 2. The molecule has 0 aliphatic carbocycles. The third-order valence-electron chi connectivity index (χ3n) is 2.98. The number of hydrogen-bond acceptors (Lipinski definition) is 3. The van der Waals surface area contributed by atoms with Crippen LogP contribution in [0.15, 0.2) is 17.4 Å². The standard InChI is InChI=1S/C10H15N2O2/c1-9(2)10(3,4)14-8(13-9)7-5-6-11-12-7/h5-6,8H,1-4H3. The highest BCUT2D eigenvalue weighted by atomic mass is 16.7. The van der Waals surface area contributed by atoms with Gasteiger partial charge in [-0.25, -0.2) is 0 Å².